The molecule has 2 amide bonds. The summed E-state index contributed by atoms with van der Waals surface area (Å²) in [5.41, 5.74) is 4.32. The van der Waals surface area contributed by atoms with E-state index < -0.39 is 28.1 Å². The molecular weight excluding hydrogens is 332 g/mol. The number of fused-ring (bicyclic) bond motifs is 1. The van der Waals surface area contributed by atoms with Crippen molar-refractivity contribution in [3.8, 4) is 5.69 Å². The van der Waals surface area contributed by atoms with Gasteiger partial charge in [0.1, 0.15) is 5.82 Å². The number of non-ortho nitro benzene ring substituents is 1. The Balaban J connectivity index is 2.36. The van der Waals surface area contributed by atoms with Gasteiger partial charge in [0.25, 0.3) is 23.1 Å². The molecule has 1 aliphatic heterocycles. The van der Waals surface area contributed by atoms with Crippen LogP contribution >= 0.6 is 0 Å². The van der Waals surface area contributed by atoms with Gasteiger partial charge in [0.15, 0.2) is 5.78 Å². The number of benzene rings is 1. The average molecular weight is 342 g/mol. The van der Waals surface area contributed by atoms with E-state index in [1.54, 1.807) is 0 Å². The Morgan fingerprint density at radius 2 is 1.88 bits per heavy atom. The number of nitrogens with two attached hydrogens (primary N) is 1. The Morgan fingerprint density at radius 1 is 1.20 bits per heavy atom. The zero-order valence-corrected chi connectivity index (χ0v) is 12.7. The number of hydrogen-bond acceptors (Lipinski definition) is 7. The number of ketones is 1. The van der Waals surface area contributed by atoms with Gasteiger partial charge in [0.05, 0.1) is 21.7 Å². The molecule has 3 N–H and O–H groups in total. The maximum Gasteiger partial charge on any atom is 0.270 e. The van der Waals surface area contributed by atoms with Crippen molar-refractivity contribution < 1.29 is 19.3 Å². The third-order valence-corrected chi connectivity index (χ3v) is 3.76. The molecule has 126 valence electrons. The second-order valence-corrected chi connectivity index (χ2v) is 5.29. The first-order valence-corrected chi connectivity index (χ1v) is 6.93. The summed E-state index contributed by atoms with van der Waals surface area (Å²) in [5, 5.41) is 12.9. The SMILES string of the molecule is CC(=O)c1cc([N+](=O)[O-])ccc1-n1c(N)c2c(cc1=O)C(=O)NC2=O. The Bertz CT molecular complexity index is 1050. The van der Waals surface area contributed by atoms with E-state index in [1.807, 2.05) is 5.32 Å². The molecule has 0 bridgehead atoms. The molecule has 0 fully saturated rings. The lowest BCUT2D eigenvalue weighted by Gasteiger charge is -2.14. The number of nitrogens with zero attached hydrogens (tertiary/aromatic N) is 2. The highest BCUT2D eigenvalue weighted by atomic mass is 16.6. The van der Waals surface area contributed by atoms with E-state index in [0.717, 1.165) is 22.8 Å². The topological polar surface area (TPSA) is 154 Å². The number of nitrogen functional groups attached to an aromatic ring is 1. The van der Waals surface area contributed by atoms with Crippen LogP contribution in [0.15, 0.2) is 29.1 Å². The van der Waals surface area contributed by atoms with Gasteiger partial charge < -0.3 is 5.73 Å². The Morgan fingerprint density at radius 3 is 2.48 bits per heavy atom. The van der Waals surface area contributed by atoms with Crippen molar-refractivity contribution in [1.82, 2.24) is 9.88 Å². The summed E-state index contributed by atoms with van der Waals surface area (Å²) >= 11 is 0. The highest BCUT2D eigenvalue weighted by Crippen LogP contribution is 2.26. The van der Waals surface area contributed by atoms with Crippen LogP contribution in [0.2, 0.25) is 0 Å². The number of hydrogen-bond donors (Lipinski definition) is 2. The molecule has 0 unspecified atom stereocenters. The number of rotatable bonds is 3. The number of nitro groups is 1. The minimum absolute atomic E-state index is 0.0180. The van der Waals surface area contributed by atoms with Gasteiger partial charge >= 0.3 is 0 Å². The predicted molar refractivity (Wildman–Crippen MR) is 84.9 cm³/mol. The Kier molecular flexibility index (Phi) is 3.45. The van der Waals surface area contributed by atoms with Crippen LogP contribution in [-0.2, 0) is 0 Å². The van der Waals surface area contributed by atoms with E-state index in [4.69, 9.17) is 5.73 Å². The summed E-state index contributed by atoms with van der Waals surface area (Å²) in [5.74, 6) is -2.38. The number of pyridine rings is 1. The summed E-state index contributed by atoms with van der Waals surface area (Å²) in [4.78, 5) is 58.0. The van der Waals surface area contributed by atoms with Gasteiger partial charge in [0.2, 0.25) is 0 Å². The van der Waals surface area contributed by atoms with Crippen LogP contribution in [0.25, 0.3) is 5.69 Å². The first kappa shape index (κ1) is 16.1. The van der Waals surface area contributed by atoms with Gasteiger partial charge in [-0.25, -0.2) is 0 Å². The molecule has 1 aromatic heterocycles. The minimum atomic E-state index is -0.766. The molecule has 0 saturated carbocycles. The molecule has 0 radical (unpaired) electrons. The van der Waals surface area contributed by atoms with E-state index in [2.05, 4.69) is 0 Å². The number of amides is 2. The van der Waals surface area contributed by atoms with Gasteiger partial charge in [0, 0.05) is 23.8 Å². The van der Waals surface area contributed by atoms with E-state index >= 15 is 0 Å². The number of Topliss-reactive ketones (excluding diaryl/α,β-unsaturated/α-hetero) is 1. The molecule has 2 aromatic rings. The van der Waals surface area contributed by atoms with Crippen LogP contribution < -0.4 is 16.6 Å². The highest BCUT2D eigenvalue weighted by Gasteiger charge is 2.32. The monoisotopic (exact) mass is 342 g/mol. The summed E-state index contributed by atoms with van der Waals surface area (Å²) in [7, 11) is 0. The molecule has 1 aliphatic rings. The zero-order valence-electron chi connectivity index (χ0n) is 12.7. The maximum absolute atomic E-state index is 12.4. The summed E-state index contributed by atoms with van der Waals surface area (Å²) in [6, 6.07) is 4.24. The van der Waals surface area contributed by atoms with Crippen molar-refractivity contribution in [3.05, 3.63) is 61.4 Å². The normalized spacial score (nSPS) is 12.7. The zero-order chi connectivity index (χ0) is 18.5. The molecular formula is C15H10N4O6. The third-order valence-electron chi connectivity index (χ3n) is 3.76. The summed E-state index contributed by atoms with van der Waals surface area (Å²) in [6.45, 7) is 1.17. The first-order valence-electron chi connectivity index (χ1n) is 6.93. The molecule has 25 heavy (non-hydrogen) atoms. The molecule has 3 rings (SSSR count). The fraction of sp³-hybridized carbons (Fsp3) is 0.0667. The number of nitro benzene ring substituents is 1. The largest absolute Gasteiger partial charge is 0.384 e. The van der Waals surface area contributed by atoms with Gasteiger partial charge in [-0.2, -0.15) is 0 Å². The van der Waals surface area contributed by atoms with E-state index in [-0.39, 0.29) is 33.9 Å². The van der Waals surface area contributed by atoms with Gasteiger partial charge in [-0.15, -0.1) is 0 Å². The molecule has 10 heteroatoms. The molecule has 0 saturated heterocycles. The lowest BCUT2D eigenvalue weighted by Crippen LogP contribution is -2.25. The fourth-order valence-electron chi connectivity index (χ4n) is 2.64. The van der Waals surface area contributed by atoms with Gasteiger partial charge in [-0.3, -0.25) is 39.2 Å². The summed E-state index contributed by atoms with van der Waals surface area (Å²) < 4.78 is 0.872. The standard InChI is InChI=1S/C15H10N4O6/c1-6(20)8-4-7(19(24)25)2-3-10(8)18-11(21)5-9-12(13(18)16)15(23)17-14(9)22/h2-5H,16H2,1H3,(H,17,22,23). The second-order valence-electron chi connectivity index (χ2n) is 5.29. The number of nitrogens with one attached hydrogen (secondary N) is 1. The Hall–Kier alpha value is -3.82. The van der Waals surface area contributed by atoms with Crippen LogP contribution in [0.4, 0.5) is 11.5 Å². The van der Waals surface area contributed by atoms with Gasteiger partial charge in [-0.1, -0.05) is 0 Å². The van der Waals surface area contributed by atoms with Crippen LogP contribution in [0.3, 0.4) is 0 Å². The quantitative estimate of drug-likeness (QED) is 0.354. The van der Waals surface area contributed by atoms with E-state index in [9.17, 15) is 29.3 Å². The lowest BCUT2D eigenvalue weighted by atomic mass is 10.1. The number of anilines is 1. The molecule has 10 nitrogen and oxygen atoms in total. The number of aromatic nitrogens is 1. The van der Waals surface area contributed by atoms with E-state index in [0.29, 0.717) is 0 Å². The molecule has 2 heterocycles. The molecule has 0 spiro atoms. The second kappa shape index (κ2) is 5.37. The fourth-order valence-corrected chi connectivity index (χ4v) is 2.64. The first-order chi connectivity index (χ1) is 11.7. The number of imide groups is 1. The Labute approximate surface area is 139 Å². The van der Waals surface area contributed by atoms with Crippen LogP contribution in [0.5, 0.6) is 0 Å². The smallest absolute Gasteiger partial charge is 0.270 e. The molecule has 1 aromatic carbocycles. The predicted octanol–water partition coefficient (Wildman–Crippen LogP) is 0.414. The van der Waals surface area contributed by atoms with Crippen molar-refractivity contribution in [2.75, 3.05) is 5.73 Å². The highest BCUT2D eigenvalue weighted by molar-refractivity contribution is 6.23. The minimum Gasteiger partial charge on any atom is -0.384 e. The van der Waals surface area contributed by atoms with Crippen LogP contribution in [0.1, 0.15) is 38.0 Å². The van der Waals surface area contributed by atoms with Crippen LogP contribution in [-0.4, -0.2) is 27.1 Å². The average Bonchev–Trinajstić information content (AvgIpc) is 2.81. The number of carbonyl (C=O) groups is 3. The molecule has 0 aliphatic carbocycles. The van der Waals surface area contributed by atoms with E-state index in [1.165, 1.54) is 13.0 Å². The van der Waals surface area contributed by atoms with Crippen molar-refractivity contribution in [1.29, 1.82) is 0 Å². The van der Waals surface area contributed by atoms with Crippen molar-refractivity contribution >= 4 is 29.1 Å². The third kappa shape index (κ3) is 2.36. The lowest BCUT2D eigenvalue weighted by molar-refractivity contribution is -0.384. The summed E-state index contributed by atoms with van der Waals surface area (Å²) in [6.07, 6.45) is 0. The van der Waals surface area contributed by atoms with Crippen molar-refractivity contribution in [2.45, 2.75) is 6.92 Å². The van der Waals surface area contributed by atoms with Crippen molar-refractivity contribution in [3.63, 3.8) is 0 Å². The van der Waals surface area contributed by atoms with Crippen LogP contribution in [0, 0.1) is 10.1 Å². The number of carbonyl (C=O) groups excluding carboxylic acids is 3. The van der Waals surface area contributed by atoms with Gasteiger partial charge in [-0.05, 0) is 13.0 Å². The van der Waals surface area contributed by atoms with Crippen molar-refractivity contribution in [2.24, 2.45) is 0 Å². The maximum atomic E-state index is 12.4. The molecule has 0 atom stereocenters.